The quantitative estimate of drug-likeness (QED) is 0.746. The lowest BCUT2D eigenvalue weighted by molar-refractivity contribution is -0.121. The number of aryl methyl sites for hydroxylation is 2. The molecule has 0 aliphatic carbocycles. The van der Waals surface area contributed by atoms with Crippen molar-refractivity contribution in [3.8, 4) is 0 Å². The van der Waals surface area contributed by atoms with Crippen LogP contribution in [0, 0.1) is 6.92 Å². The van der Waals surface area contributed by atoms with E-state index in [1.54, 1.807) is 34.8 Å². The van der Waals surface area contributed by atoms with Gasteiger partial charge in [0.25, 0.3) is 0 Å². The van der Waals surface area contributed by atoms with Gasteiger partial charge in [-0.3, -0.25) is 9.59 Å². The first-order chi connectivity index (χ1) is 15.3. The minimum absolute atomic E-state index is 0.0261. The maximum atomic E-state index is 13.2. The predicted octanol–water partition coefficient (Wildman–Crippen LogP) is 2.87. The van der Waals surface area contributed by atoms with Crippen LogP contribution < -0.4 is 10.2 Å². The van der Waals surface area contributed by atoms with Crippen molar-refractivity contribution in [1.82, 2.24) is 9.29 Å². The van der Waals surface area contributed by atoms with E-state index in [1.165, 1.54) is 4.90 Å². The number of pyridine rings is 1. The van der Waals surface area contributed by atoms with E-state index in [-0.39, 0.29) is 35.7 Å². The van der Waals surface area contributed by atoms with Crippen molar-refractivity contribution < 1.29 is 18.0 Å². The zero-order valence-corrected chi connectivity index (χ0v) is 19.2. The molecule has 0 radical (unpaired) electrons. The number of benzene rings is 1. The number of nitrogens with one attached hydrogen (secondary N) is 1. The van der Waals surface area contributed by atoms with Gasteiger partial charge in [0.2, 0.25) is 21.8 Å². The van der Waals surface area contributed by atoms with Crippen molar-refractivity contribution in [1.29, 1.82) is 0 Å². The molecule has 1 fully saturated rings. The second kappa shape index (κ2) is 8.99. The molecule has 0 saturated carbocycles. The molecule has 1 atom stereocenters. The average molecular weight is 457 g/mol. The van der Waals surface area contributed by atoms with E-state index in [2.05, 4.69) is 10.3 Å². The van der Waals surface area contributed by atoms with Crippen LogP contribution in [0.3, 0.4) is 0 Å². The van der Waals surface area contributed by atoms with E-state index in [4.69, 9.17) is 0 Å². The van der Waals surface area contributed by atoms with Crippen molar-refractivity contribution in [3.05, 3.63) is 47.7 Å². The molecular weight excluding hydrogens is 428 g/mol. The van der Waals surface area contributed by atoms with Crippen molar-refractivity contribution in [2.75, 3.05) is 23.3 Å². The summed E-state index contributed by atoms with van der Waals surface area (Å²) in [6.45, 7) is 4.21. The van der Waals surface area contributed by atoms with Crippen LogP contribution in [0.5, 0.6) is 0 Å². The molecule has 1 aromatic carbocycles. The molecule has 170 valence electrons. The first-order valence-electron chi connectivity index (χ1n) is 10.9. The SMILES string of the molecule is Cc1ccnc(NC(=O)CN2C(=O)CCc3cc(S(=O)(=O)N4CCCC[C@H]4C)ccc32)c1. The fraction of sp³-hybridized carbons (Fsp3) is 0.435. The largest absolute Gasteiger partial charge is 0.309 e. The third-order valence-electron chi connectivity index (χ3n) is 6.08. The number of anilines is 2. The lowest BCUT2D eigenvalue weighted by Gasteiger charge is -2.33. The highest BCUT2D eigenvalue weighted by molar-refractivity contribution is 7.89. The zero-order valence-electron chi connectivity index (χ0n) is 18.4. The Balaban J connectivity index is 1.55. The molecular formula is C23H28N4O4S. The number of carbonyl (C=O) groups is 2. The molecule has 9 heteroatoms. The van der Waals surface area contributed by atoms with Crippen molar-refractivity contribution in [2.45, 2.75) is 56.9 Å². The van der Waals surface area contributed by atoms with Crippen LogP contribution in [0.25, 0.3) is 0 Å². The van der Waals surface area contributed by atoms with Crippen LogP contribution >= 0.6 is 0 Å². The molecule has 2 aliphatic rings. The van der Waals surface area contributed by atoms with Gasteiger partial charge >= 0.3 is 0 Å². The molecule has 2 aromatic rings. The van der Waals surface area contributed by atoms with Gasteiger partial charge in [-0.15, -0.1) is 0 Å². The molecule has 8 nitrogen and oxygen atoms in total. The molecule has 4 rings (SSSR count). The van der Waals surface area contributed by atoms with Crippen molar-refractivity contribution in [3.63, 3.8) is 0 Å². The van der Waals surface area contributed by atoms with Gasteiger partial charge in [-0.2, -0.15) is 4.31 Å². The summed E-state index contributed by atoms with van der Waals surface area (Å²) >= 11 is 0. The number of amides is 2. The second-order valence-corrected chi connectivity index (χ2v) is 10.4. The molecule has 1 N–H and O–H groups in total. The Kier molecular flexibility index (Phi) is 6.30. The molecule has 2 aliphatic heterocycles. The van der Waals surface area contributed by atoms with Gasteiger partial charge in [-0.25, -0.2) is 13.4 Å². The van der Waals surface area contributed by atoms with Crippen LogP contribution in [0.1, 0.15) is 43.7 Å². The van der Waals surface area contributed by atoms with E-state index in [1.807, 2.05) is 19.9 Å². The maximum absolute atomic E-state index is 13.2. The molecule has 2 amide bonds. The van der Waals surface area contributed by atoms with Crippen LogP contribution in [0.2, 0.25) is 0 Å². The maximum Gasteiger partial charge on any atom is 0.245 e. The highest BCUT2D eigenvalue weighted by atomic mass is 32.2. The first kappa shape index (κ1) is 22.4. The highest BCUT2D eigenvalue weighted by Gasteiger charge is 2.33. The number of nitrogens with zero attached hydrogens (tertiary/aromatic N) is 3. The van der Waals surface area contributed by atoms with Gasteiger partial charge < -0.3 is 10.2 Å². The topological polar surface area (TPSA) is 99.7 Å². The Labute approximate surface area is 188 Å². The smallest absolute Gasteiger partial charge is 0.245 e. The summed E-state index contributed by atoms with van der Waals surface area (Å²) in [7, 11) is -3.60. The van der Waals surface area contributed by atoms with Crippen LogP contribution in [-0.2, 0) is 26.0 Å². The number of carbonyl (C=O) groups excluding carboxylic acids is 2. The van der Waals surface area contributed by atoms with E-state index < -0.39 is 10.0 Å². The minimum Gasteiger partial charge on any atom is -0.309 e. The number of fused-ring (bicyclic) bond motifs is 1. The summed E-state index contributed by atoms with van der Waals surface area (Å²) in [4.78, 5) is 30.9. The van der Waals surface area contributed by atoms with Gasteiger partial charge in [0.05, 0.1) is 4.90 Å². The number of rotatable bonds is 5. The summed E-state index contributed by atoms with van der Waals surface area (Å²) in [5.41, 5.74) is 2.31. The molecule has 1 aromatic heterocycles. The molecule has 0 unspecified atom stereocenters. The van der Waals surface area contributed by atoms with Gasteiger partial charge in [0, 0.05) is 30.9 Å². The van der Waals surface area contributed by atoms with Crippen molar-refractivity contribution >= 4 is 33.3 Å². The fourth-order valence-electron chi connectivity index (χ4n) is 4.36. The summed E-state index contributed by atoms with van der Waals surface area (Å²) < 4.78 is 28.0. The third kappa shape index (κ3) is 4.54. The van der Waals surface area contributed by atoms with Gasteiger partial charge in [0.1, 0.15) is 12.4 Å². The van der Waals surface area contributed by atoms with Gasteiger partial charge in [-0.1, -0.05) is 6.42 Å². The third-order valence-corrected chi connectivity index (χ3v) is 8.09. The summed E-state index contributed by atoms with van der Waals surface area (Å²) in [5, 5.41) is 2.72. The monoisotopic (exact) mass is 456 g/mol. The van der Waals surface area contributed by atoms with Gasteiger partial charge in [0.15, 0.2) is 0 Å². The van der Waals surface area contributed by atoms with E-state index in [0.29, 0.717) is 24.5 Å². The number of hydrogen-bond donors (Lipinski definition) is 1. The Morgan fingerprint density at radius 1 is 1.19 bits per heavy atom. The molecule has 3 heterocycles. The number of aromatic nitrogens is 1. The normalized spacial score (nSPS) is 19.5. The number of piperidine rings is 1. The van der Waals surface area contributed by atoms with E-state index in [9.17, 15) is 18.0 Å². The fourth-order valence-corrected chi connectivity index (χ4v) is 6.12. The first-order valence-corrected chi connectivity index (χ1v) is 12.4. The molecule has 1 saturated heterocycles. The standard InChI is InChI=1S/C23H28N4O4S/c1-16-10-11-24-21(13-16)25-22(28)15-26-20-8-7-19(14-18(20)6-9-23(26)29)32(30,31)27-12-4-3-5-17(27)2/h7-8,10-11,13-14,17H,3-6,9,12,15H2,1-2H3,(H,24,25,28)/t17-/m1/s1. The summed E-state index contributed by atoms with van der Waals surface area (Å²) in [5.74, 6) is -0.0926. The summed E-state index contributed by atoms with van der Waals surface area (Å²) in [6, 6.07) is 8.40. The van der Waals surface area contributed by atoms with Crippen LogP contribution in [-0.4, -0.2) is 48.7 Å². The number of hydrogen-bond acceptors (Lipinski definition) is 5. The van der Waals surface area contributed by atoms with Crippen LogP contribution in [0.15, 0.2) is 41.4 Å². The lowest BCUT2D eigenvalue weighted by atomic mass is 10.0. The lowest BCUT2D eigenvalue weighted by Crippen LogP contribution is -2.42. The summed E-state index contributed by atoms with van der Waals surface area (Å²) in [6.07, 6.45) is 5.04. The molecule has 0 spiro atoms. The zero-order chi connectivity index (χ0) is 22.9. The van der Waals surface area contributed by atoms with Crippen molar-refractivity contribution in [2.24, 2.45) is 0 Å². The molecule has 0 bridgehead atoms. The second-order valence-electron chi connectivity index (χ2n) is 8.50. The van der Waals surface area contributed by atoms with Crippen LogP contribution in [0.4, 0.5) is 11.5 Å². The molecule has 32 heavy (non-hydrogen) atoms. The Morgan fingerprint density at radius 3 is 2.75 bits per heavy atom. The van der Waals surface area contributed by atoms with Gasteiger partial charge in [-0.05, 0) is 74.6 Å². The minimum atomic E-state index is -3.60. The Hall–Kier alpha value is -2.78. The average Bonchev–Trinajstić information content (AvgIpc) is 2.75. The number of sulfonamides is 1. The van der Waals surface area contributed by atoms with E-state index >= 15 is 0 Å². The predicted molar refractivity (Wildman–Crippen MR) is 122 cm³/mol. The van der Waals surface area contributed by atoms with E-state index in [0.717, 1.165) is 30.4 Å². The Morgan fingerprint density at radius 2 is 2.00 bits per heavy atom. The highest BCUT2D eigenvalue weighted by Crippen LogP contribution is 2.32. The Bertz CT molecular complexity index is 1150.